The molecule has 136 valence electrons. The third kappa shape index (κ3) is 3.80. The molecule has 6 nitrogen and oxygen atoms in total. The summed E-state index contributed by atoms with van der Waals surface area (Å²) >= 11 is 5.92. The van der Waals surface area contributed by atoms with Gasteiger partial charge < -0.3 is 20.1 Å². The molecule has 0 radical (unpaired) electrons. The third-order valence-electron chi connectivity index (χ3n) is 4.10. The number of hydrogen-bond acceptors (Lipinski definition) is 4. The molecule has 7 heteroatoms. The van der Waals surface area contributed by atoms with Crippen LogP contribution in [0, 0.1) is 6.92 Å². The number of hydrogen-bond donors (Lipinski definition) is 2. The Bertz CT molecular complexity index is 1010. The van der Waals surface area contributed by atoms with Gasteiger partial charge in [-0.15, -0.1) is 0 Å². The Labute approximate surface area is 161 Å². The lowest BCUT2D eigenvalue weighted by molar-refractivity contribution is 0.174. The van der Waals surface area contributed by atoms with E-state index in [0.717, 1.165) is 11.3 Å². The highest BCUT2D eigenvalue weighted by molar-refractivity contribution is 6.30. The predicted molar refractivity (Wildman–Crippen MR) is 105 cm³/mol. The summed E-state index contributed by atoms with van der Waals surface area (Å²) in [6, 6.07) is 16.0. The van der Waals surface area contributed by atoms with Crippen LogP contribution in [-0.4, -0.2) is 17.8 Å². The standard InChI is InChI=1S/C20H16ClN3O3/c1-12-16(7-8-17(22-12)13-2-4-14(21)5-3-13)24-20(25)23-15-6-9-18-19(10-15)27-11-26-18/h2-10H,11H2,1H3,(H2,23,24,25). The highest BCUT2D eigenvalue weighted by Crippen LogP contribution is 2.34. The number of anilines is 2. The zero-order chi connectivity index (χ0) is 18.8. The summed E-state index contributed by atoms with van der Waals surface area (Å²) in [5, 5.41) is 6.26. The summed E-state index contributed by atoms with van der Waals surface area (Å²) in [5.41, 5.74) is 3.72. The molecule has 2 N–H and O–H groups in total. The number of nitrogens with one attached hydrogen (secondary N) is 2. The molecule has 0 saturated carbocycles. The number of aryl methyl sites for hydroxylation is 1. The molecular weight excluding hydrogens is 366 g/mol. The first kappa shape index (κ1) is 17.2. The highest BCUT2D eigenvalue weighted by atomic mass is 35.5. The lowest BCUT2D eigenvalue weighted by atomic mass is 10.1. The largest absolute Gasteiger partial charge is 0.454 e. The molecule has 27 heavy (non-hydrogen) atoms. The van der Waals surface area contributed by atoms with Crippen LogP contribution in [0.15, 0.2) is 54.6 Å². The van der Waals surface area contributed by atoms with Crippen molar-refractivity contribution in [2.24, 2.45) is 0 Å². The molecule has 2 heterocycles. The Balaban J connectivity index is 1.46. The Morgan fingerprint density at radius 3 is 2.56 bits per heavy atom. The number of aromatic nitrogens is 1. The number of rotatable bonds is 3. The van der Waals surface area contributed by atoms with E-state index >= 15 is 0 Å². The van der Waals surface area contributed by atoms with E-state index in [0.29, 0.717) is 33.6 Å². The Kier molecular flexibility index (Phi) is 4.56. The molecule has 0 unspecified atom stereocenters. The molecule has 0 bridgehead atoms. The number of nitrogens with zero attached hydrogens (tertiary/aromatic N) is 1. The summed E-state index contributed by atoms with van der Waals surface area (Å²) in [4.78, 5) is 16.8. The van der Waals surface area contributed by atoms with Crippen LogP contribution in [0.25, 0.3) is 11.3 Å². The van der Waals surface area contributed by atoms with Crippen molar-refractivity contribution in [2.45, 2.75) is 6.92 Å². The number of carbonyl (C=O) groups is 1. The maximum absolute atomic E-state index is 12.3. The fraction of sp³-hybridized carbons (Fsp3) is 0.100. The molecule has 2 aromatic carbocycles. The summed E-state index contributed by atoms with van der Waals surface area (Å²) in [7, 11) is 0. The SMILES string of the molecule is Cc1nc(-c2ccc(Cl)cc2)ccc1NC(=O)Nc1ccc2c(c1)OCO2. The minimum absolute atomic E-state index is 0.190. The third-order valence-corrected chi connectivity index (χ3v) is 4.36. The van der Waals surface area contributed by atoms with E-state index in [4.69, 9.17) is 21.1 Å². The highest BCUT2D eigenvalue weighted by Gasteiger charge is 2.14. The Morgan fingerprint density at radius 1 is 1.00 bits per heavy atom. The van der Waals surface area contributed by atoms with Crippen LogP contribution in [0.4, 0.5) is 16.2 Å². The first-order valence-corrected chi connectivity index (χ1v) is 8.67. The molecule has 0 spiro atoms. The normalized spacial score (nSPS) is 11.9. The van der Waals surface area contributed by atoms with E-state index in [1.54, 1.807) is 18.2 Å². The van der Waals surface area contributed by atoms with Gasteiger partial charge in [0.1, 0.15) is 0 Å². The number of halogens is 1. The molecule has 3 aromatic rings. The topological polar surface area (TPSA) is 72.5 Å². The van der Waals surface area contributed by atoms with Gasteiger partial charge in [-0.1, -0.05) is 23.7 Å². The molecule has 0 aliphatic carbocycles. The molecule has 1 aliphatic rings. The first-order valence-electron chi connectivity index (χ1n) is 8.30. The van der Waals surface area contributed by atoms with Gasteiger partial charge in [-0.2, -0.15) is 0 Å². The second-order valence-electron chi connectivity index (χ2n) is 5.98. The second kappa shape index (κ2) is 7.17. The monoisotopic (exact) mass is 381 g/mol. The van der Waals surface area contributed by atoms with E-state index < -0.39 is 0 Å². The van der Waals surface area contributed by atoms with Gasteiger partial charge in [-0.3, -0.25) is 4.98 Å². The fourth-order valence-electron chi connectivity index (χ4n) is 2.73. The molecule has 1 aromatic heterocycles. The van der Waals surface area contributed by atoms with Gasteiger partial charge in [0.15, 0.2) is 11.5 Å². The Hall–Kier alpha value is -3.25. The minimum Gasteiger partial charge on any atom is -0.454 e. The number of benzene rings is 2. The number of amides is 2. The van der Waals surface area contributed by atoms with Crippen molar-refractivity contribution in [3.8, 4) is 22.8 Å². The average Bonchev–Trinajstić information content (AvgIpc) is 3.12. The number of pyridine rings is 1. The van der Waals surface area contributed by atoms with Gasteiger partial charge >= 0.3 is 6.03 Å². The number of urea groups is 1. The molecule has 2 amide bonds. The molecule has 1 aliphatic heterocycles. The van der Waals surface area contributed by atoms with E-state index in [9.17, 15) is 4.79 Å². The maximum atomic E-state index is 12.3. The van der Waals surface area contributed by atoms with E-state index in [1.165, 1.54) is 0 Å². The van der Waals surface area contributed by atoms with E-state index in [2.05, 4.69) is 15.6 Å². The van der Waals surface area contributed by atoms with Crippen LogP contribution in [0.1, 0.15) is 5.69 Å². The summed E-state index contributed by atoms with van der Waals surface area (Å²) in [6.07, 6.45) is 0. The van der Waals surface area contributed by atoms with Crippen molar-refractivity contribution in [1.82, 2.24) is 4.98 Å². The summed E-state index contributed by atoms with van der Waals surface area (Å²) < 4.78 is 10.6. The van der Waals surface area contributed by atoms with E-state index in [-0.39, 0.29) is 12.8 Å². The van der Waals surface area contributed by atoms with Crippen molar-refractivity contribution in [3.63, 3.8) is 0 Å². The van der Waals surface area contributed by atoms with Crippen LogP contribution in [-0.2, 0) is 0 Å². The van der Waals surface area contributed by atoms with Crippen LogP contribution >= 0.6 is 11.6 Å². The van der Waals surface area contributed by atoms with Gasteiger partial charge in [0.2, 0.25) is 6.79 Å². The zero-order valence-electron chi connectivity index (χ0n) is 14.5. The van der Waals surface area contributed by atoms with Crippen molar-refractivity contribution < 1.29 is 14.3 Å². The number of carbonyl (C=O) groups excluding carboxylic acids is 1. The van der Waals surface area contributed by atoms with Crippen LogP contribution in [0.2, 0.25) is 5.02 Å². The van der Waals surface area contributed by atoms with Crippen LogP contribution < -0.4 is 20.1 Å². The second-order valence-corrected chi connectivity index (χ2v) is 6.42. The zero-order valence-corrected chi connectivity index (χ0v) is 15.2. The molecule has 0 saturated heterocycles. The predicted octanol–water partition coefficient (Wildman–Crippen LogP) is 5.08. The van der Waals surface area contributed by atoms with Gasteiger partial charge in [0.25, 0.3) is 0 Å². The molecule has 0 fully saturated rings. The average molecular weight is 382 g/mol. The summed E-state index contributed by atoms with van der Waals surface area (Å²) in [5.74, 6) is 1.27. The Morgan fingerprint density at radius 2 is 1.78 bits per heavy atom. The minimum atomic E-state index is -0.363. The molecule has 0 atom stereocenters. The molecule has 4 rings (SSSR count). The molecular formula is C20H16ClN3O3. The summed E-state index contributed by atoms with van der Waals surface area (Å²) in [6.45, 7) is 2.03. The van der Waals surface area contributed by atoms with Crippen LogP contribution in [0.3, 0.4) is 0 Å². The lowest BCUT2D eigenvalue weighted by Crippen LogP contribution is -2.20. The van der Waals surface area contributed by atoms with Crippen molar-refractivity contribution in [2.75, 3.05) is 17.4 Å². The smallest absolute Gasteiger partial charge is 0.323 e. The quantitative estimate of drug-likeness (QED) is 0.663. The van der Waals surface area contributed by atoms with Gasteiger partial charge in [0, 0.05) is 22.3 Å². The maximum Gasteiger partial charge on any atom is 0.323 e. The first-order chi connectivity index (χ1) is 13.1. The van der Waals surface area contributed by atoms with Gasteiger partial charge in [-0.25, -0.2) is 4.79 Å². The lowest BCUT2D eigenvalue weighted by Gasteiger charge is -2.11. The fourth-order valence-corrected chi connectivity index (χ4v) is 2.86. The van der Waals surface area contributed by atoms with Gasteiger partial charge in [-0.05, 0) is 43.3 Å². The van der Waals surface area contributed by atoms with E-state index in [1.807, 2.05) is 43.3 Å². The van der Waals surface area contributed by atoms with Crippen molar-refractivity contribution >= 4 is 29.0 Å². The van der Waals surface area contributed by atoms with Crippen molar-refractivity contribution in [3.05, 3.63) is 65.3 Å². The van der Waals surface area contributed by atoms with Crippen LogP contribution in [0.5, 0.6) is 11.5 Å². The van der Waals surface area contributed by atoms with Crippen molar-refractivity contribution in [1.29, 1.82) is 0 Å². The number of ether oxygens (including phenoxy) is 2. The number of fused-ring (bicyclic) bond motifs is 1. The van der Waals surface area contributed by atoms with Gasteiger partial charge in [0.05, 0.1) is 17.1 Å².